The smallest absolute Gasteiger partial charge is 0.306 e. The molecule has 1 amide bonds. The Morgan fingerprint density at radius 1 is 0.500 bits per heavy atom. The average molecular weight is 864 g/mol. The second-order valence-corrected chi connectivity index (χ2v) is 17.2. The van der Waals surface area contributed by atoms with Gasteiger partial charge in [0, 0.05) is 6.42 Å². The van der Waals surface area contributed by atoms with Crippen LogP contribution in [0.1, 0.15) is 233 Å². The van der Waals surface area contributed by atoms with E-state index in [1.54, 1.807) is 0 Å². The van der Waals surface area contributed by atoms with Crippen molar-refractivity contribution in [1.29, 1.82) is 0 Å². The molecule has 6 nitrogen and oxygen atoms in total. The van der Waals surface area contributed by atoms with Crippen molar-refractivity contribution in [3.05, 3.63) is 85.1 Å². The fourth-order valence-electron chi connectivity index (χ4n) is 7.42. The van der Waals surface area contributed by atoms with Crippen molar-refractivity contribution in [1.82, 2.24) is 5.32 Å². The molecule has 0 aromatic carbocycles. The molecule has 3 unspecified atom stereocenters. The van der Waals surface area contributed by atoms with Gasteiger partial charge in [-0.3, -0.25) is 9.59 Å². The summed E-state index contributed by atoms with van der Waals surface area (Å²) in [7, 11) is 0. The van der Waals surface area contributed by atoms with Crippen molar-refractivity contribution in [3.63, 3.8) is 0 Å². The lowest BCUT2D eigenvalue weighted by Gasteiger charge is -2.24. The van der Waals surface area contributed by atoms with Gasteiger partial charge < -0.3 is 20.3 Å². The van der Waals surface area contributed by atoms with Gasteiger partial charge in [0.25, 0.3) is 0 Å². The van der Waals surface area contributed by atoms with Crippen molar-refractivity contribution < 1.29 is 24.5 Å². The number of esters is 1. The van der Waals surface area contributed by atoms with Crippen LogP contribution in [-0.2, 0) is 14.3 Å². The van der Waals surface area contributed by atoms with Gasteiger partial charge in [-0.15, -0.1) is 0 Å². The van der Waals surface area contributed by atoms with Crippen molar-refractivity contribution in [2.75, 3.05) is 6.61 Å². The van der Waals surface area contributed by atoms with E-state index in [9.17, 15) is 19.8 Å². The molecule has 6 heteroatoms. The van der Waals surface area contributed by atoms with Crippen LogP contribution < -0.4 is 5.32 Å². The largest absolute Gasteiger partial charge is 0.462 e. The number of hydrogen-bond donors (Lipinski definition) is 3. The molecule has 356 valence electrons. The van der Waals surface area contributed by atoms with Crippen LogP contribution in [0.3, 0.4) is 0 Å². The van der Waals surface area contributed by atoms with Crippen LogP contribution in [-0.4, -0.2) is 46.9 Å². The summed E-state index contributed by atoms with van der Waals surface area (Å²) in [4.78, 5) is 26.1. The Kier molecular flexibility index (Phi) is 46.7. The third kappa shape index (κ3) is 43.7. The lowest BCUT2D eigenvalue weighted by atomic mass is 10.0. The first kappa shape index (κ1) is 59.0. The van der Waals surface area contributed by atoms with Crippen LogP contribution in [0.25, 0.3) is 0 Å². The van der Waals surface area contributed by atoms with Crippen LogP contribution >= 0.6 is 0 Å². The monoisotopic (exact) mass is 864 g/mol. The molecule has 0 aliphatic carbocycles. The summed E-state index contributed by atoms with van der Waals surface area (Å²) in [6.45, 7) is 6.22. The molecule has 0 rings (SSSR count). The highest BCUT2D eigenvalue weighted by atomic mass is 16.5. The number of aliphatic hydroxyl groups excluding tert-OH is 2. The van der Waals surface area contributed by atoms with Gasteiger partial charge in [0.1, 0.15) is 6.10 Å². The molecular weight excluding hydrogens is 767 g/mol. The highest BCUT2D eigenvalue weighted by Gasteiger charge is 2.24. The molecule has 0 fully saturated rings. The fourth-order valence-corrected chi connectivity index (χ4v) is 7.42. The maximum Gasteiger partial charge on any atom is 0.306 e. The van der Waals surface area contributed by atoms with Gasteiger partial charge in [-0.2, -0.15) is 0 Å². The van der Waals surface area contributed by atoms with Crippen molar-refractivity contribution in [2.24, 2.45) is 0 Å². The Hall–Kier alpha value is -2.96. The lowest BCUT2D eigenvalue weighted by molar-refractivity contribution is -0.151. The number of hydrogen-bond acceptors (Lipinski definition) is 5. The van der Waals surface area contributed by atoms with Crippen molar-refractivity contribution in [3.8, 4) is 0 Å². The van der Waals surface area contributed by atoms with E-state index < -0.39 is 18.2 Å². The van der Waals surface area contributed by atoms with Crippen LogP contribution in [0.5, 0.6) is 0 Å². The summed E-state index contributed by atoms with van der Waals surface area (Å²) in [5.74, 6) is -0.535. The number of nitrogens with one attached hydrogen (secondary N) is 1. The first-order chi connectivity index (χ1) is 30.5. The van der Waals surface area contributed by atoms with E-state index in [1.807, 2.05) is 0 Å². The molecular formula is C56H97NO5. The van der Waals surface area contributed by atoms with E-state index in [2.05, 4.69) is 111 Å². The molecule has 0 bridgehead atoms. The normalized spacial score (nSPS) is 14.0. The summed E-state index contributed by atoms with van der Waals surface area (Å²) in [6.07, 6.45) is 63.5. The molecule has 0 aromatic heterocycles. The third-order valence-electron chi connectivity index (χ3n) is 11.3. The minimum atomic E-state index is -0.803. The van der Waals surface area contributed by atoms with Gasteiger partial charge in [-0.25, -0.2) is 0 Å². The summed E-state index contributed by atoms with van der Waals surface area (Å²) in [5.41, 5.74) is 0. The number of ether oxygens (including phenoxy) is 1. The Bertz CT molecular complexity index is 1200. The Labute approximate surface area is 383 Å². The van der Waals surface area contributed by atoms with Crippen molar-refractivity contribution >= 4 is 11.9 Å². The summed E-state index contributed by atoms with van der Waals surface area (Å²) in [6, 6.07) is -0.719. The fraction of sp³-hybridized carbons (Fsp3) is 0.714. The second-order valence-electron chi connectivity index (χ2n) is 17.2. The number of carbonyl (C=O) groups is 2. The lowest BCUT2D eigenvalue weighted by Crippen LogP contribution is -2.46. The Morgan fingerprint density at radius 2 is 0.952 bits per heavy atom. The molecule has 0 saturated carbocycles. The van der Waals surface area contributed by atoms with Gasteiger partial charge in [0.2, 0.25) is 5.91 Å². The topological polar surface area (TPSA) is 95.9 Å². The highest BCUT2D eigenvalue weighted by Crippen LogP contribution is 2.17. The minimum absolute atomic E-state index is 0.0470. The van der Waals surface area contributed by atoms with Gasteiger partial charge in [-0.1, -0.05) is 221 Å². The molecule has 0 aliphatic rings. The first-order valence-corrected chi connectivity index (χ1v) is 25.8. The minimum Gasteiger partial charge on any atom is -0.462 e. The maximum absolute atomic E-state index is 13.2. The van der Waals surface area contributed by atoms with E-state index in [4.69, 9.17) is 4.74 Å². The van der Waals surface area contributed by atoms with Crippen LogP contribution in [0, 0.1) is 0 Å². The maximum atomic E-state index is 13.2. The number of aliphatic hydroxyl groups is 2. The van der Waals surface area contributed by atoms with Crippen molar-refractivity contribution in [2.45, 2.75) is 251 Å². The van der Waals surface area contributed by atoms with Crippen LogP contribution in [0.2, 0.25) is 0 Å². The second kappa shape index (κ2) is 49.1. The Morgan fingerprint density at radius 3 is 1.50 bits per heavy atom. The van der Waals surface area contributed by atoms with E-state index in [0.29, 0.717) is 19.3 Å². The predicted molar refractivity (Wildman–Crippen MR) is 268 cm³/mol. The Balaban J connectivity index is 4.65. The predicted octanol–water partition coefficient (Wildman–Crippen LogP) is 15.6. The number of amides is 1. The number of carbonyl (C=O) groups excluding carboxylic acids is 2. The zero-order chi connectivity index (χ0) is 45.2. The zero-order valence-corrected chi connectivity index (χ0v) is 40.5. The van der Waals surface area contributed by atoms with E-state index in [-0.39, 0.29) is 24.9 Å². The SMILES string of the molecule is CC/C=C/C=C/C=C/CCCCCCCC(CC(=O)NC(CO)C(O)CCCCCCCCCCCCCCCC)OC(=O)CCCCC/C=C/C/C=C/C/C=C/C/C=C/CC. The zero-order valence-electron chi connectivity index (χ0n) is 40.5. The van der Waals surface area contributed by atoms with Gasteiger partial charge in [-0.05, 0) is 83.5 Å². The third-order valence-corrected chi connectivity index (χ3v) is 11.3. The molecule has 0 spiro atoms. The quantitative estimate of drug-likeness (QED) is 0.0245. The number of unbranched alkanes of at least 4 members (excludes halogenated alkanes) is 21. The number of allylic oxidation sites excluding steroid dienone is 14. The molecule has 0 radical (unpaired) electrons. The number of rotatable bonds is 45. The van der Waals surface area contributed by atoms with E-state index in [0.717, 1.165) is 116 Å². The van der Waals surface area contributed by atoms with E-state index >= 15 is 0 Å². The molecule has 0 heterocycles. The molecule has 0 aromatic rings. The summed E-state index contributed by atoms with van der Waals surface area (Å²) < 4.78 is 5.91. The molecule has 0 aliphatic heterocycles. The molecule has 62 heavy (non-hydrogen) atoms. The molecule has 3 atom stereocenters. The molecule has 0 saturated heterocycles. The average Bonchev–Trinajstić information content (AvgIpc) is 3.26. The van der Waals surface area contributed by atoms with Gasteiger partial charge in [0.15, 0.2) is 0 Å². The van der Waals surface area contributed by atoms with Gasteiger partial charge >= 0.3 is 5.97 Å². The van der Waals surface area contributed by atoms with Crippen LogP contribution in [0.4, 0.5) is 0 Å². The summed E-state index contributed by atoms with van der Waals surface area (Å²) >= 11 is 0. The van der Waals surface area contributed by atoms with Gasteiger partial charge in [0.05, 0.1) is 25.2 Å². The first-order valence-electron chi connectivity index (χ1n) is 25.8. The van der Waals surface area contributed by atoms with Crippen LogP contribution in [0.15, 0.2) is 85.1 Å². The van der Waals surface area contributed by atoms with E-state index in [1.165, 1.54) is 70.6 Å². The standard InChI is InChI=1S/C56H97NO5/c1-4-7-10-13-16-19-22-25-27-28-31-34-37-40-43-46-49-56(61)62-52(47-44-41-38-35-32-29-24-21-18-15-12-9-6-3)50-55(60)57-53(51-58)54(59)48-45-42-39-36-33-30-26-23-20-17-14-11-8-5-2/h7,9-10,12,15-16,18-19,21,24-25,27,31,34,52-54,58-59H,4-6,8,11,13-14,17,20,22-23,26,28-30,32-33,35-51H2,1-3H3,(H,57,60)/b10-7+,12-9+,18-15+,19-16+,24-21+,27-25+,34-31+. The molecule has 3 N–H and O–H groups in total. The highest BCUT2D eigenvalue weighted by molar-refractivity contribution is 5.77. The summed E-state index contributed by atoms with van der Waals surface area (Å²) in [5, 5.41) is 23.8.